The highest BCUT2D eigenvalue weighted by Crippen LogP contribution is 2.12. The van der Waals surface area contributed by atoms with Crippen LogP contribution in [0.2, 0.25) is 0 Å². The Balaban J connectivity index is 0. The highest BCUT2D eigenvalue weighted by Gasteiger charge is 1.95. The van der Waals surface area contributed by atoms with Gasteiger partial charge >= 0.3 is 0 Å². The van der Waals surface area contributed by atoms with E-state index >= 15 is 0 Å². The Hall–Kier alpha value is -0.0800. The van der Waals surface area contributed by atoms with Crippen molar-refractivity contribution in [3.05, 3.63) is 0 Å². The van der Waals surface area contributed by atoms with Crippen LogP contribution in [0.1, 0.15) is 162 Å². The Bertz CT molecular complexity index is 231. The van der Waals surface area contributed by atoms with Crippen LogP contribution in [-0.2, 0) is 4.74 Å². The minimum atomic E-state index is 0.250. The van der Waals surface area contributed by atoms with Crippen LogP contribution in [0, 0.1) is 0 Å². The maximum Gasteiger partial charge on any atom is 0.0466 e. The molecule has 0 fully saturated rings. The number of unbranched alkanes of at least 4 members (excludes halogenated alkanes) is 20. The van der Waals surface area contributed by atoms with Gasteiger partial charge in [-0.1, -0.05) is 142 Å². The fourth-order valence-electron chi connectivity index (χ4n) is 3.84. The lowest BCUT2D eigenvalue weighted by Crippen LogP contribution is -1.97. The molecule has 0 aromatic rings. The van der Waals surface area contributed by atoms with E-state index < -0.39 is 0 Å². The molecule has 184 valence electrons. The molecule has 0 bridgehead atoms. The SMILES string of the molecule is CCCCCCCCCCCCCOCCCCCCCCCCCCC.CCO. The molecule has 0 aliphatic heterocycles. The van der Waals surface area contributed by atoms with Crippen molar-refractivity contribution in [2.75, 3.05) is 19.8 Å². The van der Waals surface area contributed by atoms with E-state index in [0.717, 1.165) is 13.2 Å². The highest BCUT2D eigenvalue weighted by molar-refractivity contribution is 4.49. The van der Waals surface area contributed by atoms with Crippen molar-refractivity contribution in [3.8, 4) is 0 Å². The van der Waals surface area contributed by atoms with E-state index in [1.807, 2.05) is 0 Å². The smallest absolute Gasteiger partial charge is 0.0466 e. The average Bonchev–Trinajstić information content (AvgIpc) is 2.75. The molecule has 0 rings (SSSR count). The third-order valence-corrected chi connectivity index (χ3v) is 5.78. The Morgan fingerprint density at radius 1 is 0.367 bits per heavy atom. The van der Waals surface area contributed by atoms with Gasteiger partial charge in [0.1, 0.15) is 0 Å². The van der Waals surface area contributed by atoms with E-state index in [9.17, 15) is 0 Å². The van der Waals surface area contributed by atoms with Crippen LogP contribution in [0.3, 0.4) is 0 Å². The van der Waals surface area contributed by atoms with E-state index in [-0.39, 0.29) is 6.61 Å². The molecule has 30 heavy (non-hydrogen) atoms. The number of aliphatic hydroxyl groups excluding tert-OH is 1. The summed E-state index contributed by atoms with van der Waals surface area (Å²) in [7, 11) is 0. The average molecular weight is 429 g/mol. The molecule has 0 saturated carbocycles. The van der Waals surface area contributed by atoms with E-state index in [2.05, 4.69) is 13.8 Å². The molecule has 0 aliphatic rings. The van der Waals surface area contributed by atoms with Crippen molar-refractivity contribution in [1.82, 2.24) is 0 Å². The molecule has 1 N–H and O–H groups in total. The summed E-state index contributed by atoms with van der Waals surface area (Å²) in [6.07, 6.45) is 31.1. The molecule has 2 nitrogen and oxygen atoms in total. The monoisotopic (exact) mass is 428 g/mol. The molecule has 0 aliphatic carbocycles. The van der Waals surface area contributed by atoms with E-state index in [1.165, 1.54) is 141 Å². The Kier molecular flexibility index (Phi) is 35.9. The van der Waals surface area contributed by atoms with Gasteiger partial charge in [-0.3, -0.25) is 0 Å². The van der Waals surface area contributed by atoms with Crippen molar-refractivity contribution >= 4 is 0 Å². The molecule has 0 aromatic carbocycles. The van der Waals surface area contributed by atoms with Gasteiger partial charge in [0.15, 0.2) is 0 Å². The molecule has 0 saturated heterocycles. The van der Waals surface area contributed by atoms with Crippen molar-refractivity contribution in [3.63, 3.8) is 0 Å². The molecule has 0 radical (unpaired) electrons. The van der Waals surface area contributed by atoms with Crippen LogP contribution in [0.4, 0.5) is 0 Å². The number of aliphatic hydroxyl groups is 1. The predicted octanol–water partition coefficient (Wildman–Crippen LogP) is 9.62. The summed E-state index contributed by atoms with van der Waals surface area (Å²) >= 11 is 0. The molecule has 0 atom stereocenters. The van der Waals surface area contributed by atoms with E-state index in [4.69, 9.17) is 9.84 Å². The molecule has 0 unspecified atom stereocenters. The first-order valence-electron chi connectivity index (χ1n) is 14.0. The van der Waals surface area contributed by atoms with Crippen LogP contribution >= 0.6 is 0 Å². The topological polar surface area (TPSA) is 29.5 Å². The van der Waals surface area contributed by atoms with Crippen LogP contribution in [0.5, 0.6) is 0 Å². The summed E-state index contributed by atoms with van der Waals surface area (Å²) in [6.45, 7) is 8.51. The normalized spacial score (nSPS) is 10.8. The van der Waals surface area contributed by atoms with Crippen molar-refractivity contribution in [2.24, 2.45) is 0 Å². The van der Waals surface area contributed by atoms with Crippen LogP contribution < -0.4 is 0 Å². The van der Waals surface area contributed by atoms with Crippen molar-refractivity contribution in [1.29, 1.82) is 0 Å². The van der Waals surface area contributed by atoms with Gasteiger partial charge in [0.25, 0.3) is 0 Å². The first-order valence-corrected chi connectivity index (χ1v) is 14.0. The zero-order chi connectivity index (χ0) is 22.4. The van der Waals surface area contributed by atoms with Gasteiger partial charge in [0.05, 0.1) is 0 Å². The van der Waals surface area contributed by atoms with Crippen LogP contribution in [0.25, 0.3) is 0 Å². The third-order valence-electron chi connectivity index (χ3n) is 5.78. The van der Waals surface area contributed by atoms with Gasteiger partial charge in [-0.25, -0.2) is 0 Å². The van der Waals surface area contributed by atoms with Crippen LogP contribution in [-0.4, -0.2) is 24.9 Å². The Morgan fingerprint density at radius 2 is 0.567 bits per heavy atom. The summed E-state index contributed by atoms with van der Waals surface area (Å²) in [4.78, 5) is 0. The van der Waals surface area contributed by atoms with Gasteiger partial charge in [-0.2, -0.15) is 0 Å². The lowest BCUT2D eigenvalue weighted by molar-refractivity contribution is 0.125. The van der Waals surface area contributed by atoms with Crippen molar-refractivity contribution in [2.45, 2.75) is 162 Å². The molecule has 0 amide bonds. The second kappa shape index (κ2) is 33.6. The fraction of sp³-hybridized carbons (Fsp3) is 1.00. The maximum atomic E-state index is 7.57. The lowest BCUT2D eigenvalue weighted by atomic mass is 10.1. The second-order valence-corrected chi connectivity index (χ2v) is 9.00. The molecule has 0 aromatic heterocycles. The molecule has 0 heterocycles. The van der Waals surface area contributed by atoms with Gasteiger partial charge < -0.3 is 9.84 Å². The first-order chi connectivity index (χ1) is 14.8. The fourth-order valence-corrected chi connectivity index (χ4v) is 3.84. The first kappa shape index (κ1) is 32.1. The number of ether oxygens (including phenoxy) is 1. The standard InChI is InChI=1S/C26H54O.C2H6O/c1-3-5-7-9-11-13-15-17-19-21-23-25-27-26-24-22-20-18-16-14-12-10-8-6-4-2;1-2-3/h3-26H2,1-2H3;3H,2H2,1H3. The summed E-state index contributed by atoms with van der Waals surface area (Å²) in [5.74, 6) is 0. The lowest BCUT2D eigenvalue weighted by Gasteiger charge is -2.05. The van der Waals surface area contributed by atoms with Gasteiger partial charge in [-0.05, 0) is 19.8 Å². The van der Waals surface area contributed by atoms with Gasteiger partial charge in [-0.15, -0.1) is 0 Å². The van der Waals surface area contributed by atoms with Gasteiger partial charge in [0, 0.05) is 19.8 Å². The quantitative estimate of drug-likeness (QED) is 0.155. The number of hydrogen-bond acceptors (Lipinski definition) is 2. The second-order valence-electron chi connectivity index (χ2n) is 9.00. The Morgan fingerprint density at radius 3 is 0.800 bits per heavy atom. The zero-order valence-electron chi connectivity index (χ0n) is 21.5. The largest absolute Gasteiger partial charge is 0.397 e. The molecule has 2 heteroatoms. The Labute approximate surface area is 192 Å². The summed E-state index contributed by atoms with van der Waals surface area (Å²) < 4.78 is 5.80. The molecular weight excluding hydrogens is 368 g/mol. The molecule has 0 spiro atoms. The highest BCUT2D eigenvalue weighted by atomic mass is 16.5. The predicted molar refractivity (Wildman–Crippen MR) is 137 cm³/mol. The zero-order valence-corrected chi connectivity index (χ0v) is 21.5. The summed E-state index contributed by atoms with van der Waals surface area (Å²) in [6, 6.07) is 0. The van der Waals surface area contributed by atoms with E-state index in [1.54, 1.807) is 6.92 Å². The maximum absolute atomic E-state index is 7.57. The minimum absolute atomic E-state index is 0.250. The molecular formula is C28H60O2. The number of hydrogen-bond donors (Lipinski definition) is 1. The third kappa shape index (κ3) is 35.4. The number of rotatable bonds is 24. The van der Waals surface area contributed by atoms with Crippen LogP contribution in [0.15, 0.2) is 0 Å². The summed E-state index contributed by atoms with van der Waals surface area (Å²) in [5, 5.41) is 7.57. The van der Waals surface area contributed by atoms with Crippen molar-refractivity contribution < 1.29 is 9.84 Å². The summed E-state index contributed by atoms with van der Waals surface area (Å²) in [5.41, 5.74) is 0. The van der Waals surface area contributed by atoms with E-state index in [0.29, 0.717) is 0 Å². The van der Waals surface area contributed by atoms with Gasteiger partial charge in [0.2, 0.25) is 0 Å². The minimum Gasteiger partial charge on any atom is -0.397 e.